The Balaban J connectivity index is 1.63. The van der Waals surface area contributed by atoms with E-state index in [0.29, 0.717) is 44.0 Å². The monoisotopic (exact) mass is 588 g/mol. The van der Waals surface area contributed by atoms with Gasteiger partial charge in [0.15, 0.2) is 12.1 Å². The lowest BCUT2D eigenvalue weighted by Crippen LogP contribution is -3.09. The van der Waals surface area contributed by atoms with Crippen molar-refractivity contribution in [3.05, 3.63) is 93.3 Å². The van der Waals surface area contributed by atoms with Gasteiger partial charge in [-0.2, -0.15) is 26.3 Å². The van der Waals surface area contributed by atoms with Gasteiger partial charge in [-0.15, -0.1) is 0 Å². The highest BCUT2D eigenvalue weighted by molar-refractivity contribution is 5.60. The number of alkyl halides is 6. The van der Waals surface area contributed by atoms with Crippen molar-refractivity contribution in [2.75, 3.05) is 39.5 Å². The van der Waals surface area contributed by atoms with Gasteiger partial charge in [0.05, 0.1) is 42.1 Å². The second-order valence-electron chi connectivity index (χ2n) is 9.89. The van der Waals surface area contributed by atoms with Crippen molar-refractivity contribution in [2.45, 2.75) is 31.0 Å². The molecule has 0 amide bonds. The summed E-state index contributed by atoms with van der Waals surface area (Å²) in [4.78, 5) is 1.90. The van der Waals surface area contributed by atoms with Crippen molar-refractivity contribution in [2.24, 2.45) is 0 Å². The third-order valence-electron chi connectivity index (χ3n) is 7.19. The van der Waals surface area contributed by atoms with E-state index in [-0.39, 0.29) is 42.0 Å². The van der Waals surface area contributed by atoms with Crippen LogP contribution in [0.2, 0.25) is 0 Å². The van der Waals surface area contributed by atoms with Gasteiger partial charge in [-0.25, -0.2) is 4.39 Å². The molecule has 0 spiro atoms. The predicted molar refractivity (Wildman–Crippen MR) is 133 cm³/mol. The van der Waals surface area contributed by atoms with Crippen molar-refractivity contribution in [3.8, 4) is 0 Å². The molecule has 0 aliphatic carbocycles. The zero-order valence-electron chi connectivity index (χ0n) is 21.5. The topological polar surface area (TPSA) is 73.3 Å². The van der Waals surface area contributed by atoms with Gasteiger partial charge in [-0.1, -0.05) is 12.1 Å². The van der Waals surface area contributed by atoms with Crippen molar-refractivity contribution >= 4 is 5.70 Å². The van der Waals surface area contributed by atoms with E-state index in [1.54, 1.807) is 0 Å². The Hall–Kier alpha value is -3.17. The van der Waals surface area contributed by atoms with Gasteiger partial charge in [0.2, 0.25) is 0 Å². The average molecular weight is 589 g/mol. The smallest absolute Gasteiger partial charge is 0.416 e. The van der Waals surface area contributed by atoms with Crippen LogP contribution in [-0.2, 0) is 28.2 Å². The third kappa shape index (κ3) is 6.51. The normalized spacial score (nSPS) is 25.8. The zero-order chi connectivity index (χ0) is 29.4. The highest BCUT2D eigenvalue weighted by atomic mass is 19.4. The SMILES string of the molecule is [O-][NH+]1/C(c2ccccc2F)=C\C(N2CCOCC2)OC2=C(CNCN2)C1Cc1cc(C(F)(F)F)cc(C(F)(F)F)c1. The van der Waals surface area contributed by atoms with E-state index in [2.05, 4.69) is 10.6 Å². The molecule has 2 aromatic rings. The number of hydrogen-bond donors (Lipinski definition) is 3. The van der Waals surface area contributed by atoms with Gasteiger partial charge in [-0.3, -0.25) is 10.2 Å². The number of nitrogens with one attached hydrogen (secondary N) is 3. The van der Waals surface area contributed by atoms with Gasteiger partial charge >= 0.3 is 12.4 Å². The van der Waals surface area contributed by atoms with Crippen LogP contribution in [0.1, 0.15) is 22.3 Å². The molecule has 3 aliphatic rings. The van der Waals surface area contributed by atoms with Gasteiger partial charge in [0.1, 0.15) is 17.6 Å². The maximum atomic E-state index is 15.1. The largest absolute Gasteiger partial charge is 0.628 e. The Bertz CT molecular complexity index is 1290. The maximum absolute atomic E-state index is 15.1. The average Bonchev–Trinajstić information content (AvgIpc) is 2.93. The number of hydrogen-bond acceptors (Lipinski definition) is 6. The lowest BCUT2D eigenvalue weighted by molar-refractivity contribution is -0.793. The molecule has 0 bridgehead atoms. The van der Waals surface area contributed by atoms with E-state index < -0.39 is 53.1 Å². The number of benzene rings is 2. The minimum absolute atomic E-state index is 0.0403. The molecule has 0 aromatic heterocycles. The molecule has 0 saturated carbocycles. The lowest BCUT2D eigenvalue weighted by Gasteiger charge is -2.42. The molecule has 14 heteroatoms. The minimum Gasteiger partial charge on any atom is -0.628 e. The Labute approximate surface area is 230 Å². The van der Waals surface area contributed by atoms with E-state index in [9.17, 15) is 31.5 Å². The summed E-state index contributed by atoms with van der Waals surface area (Å²) in [6.07, 6.45) is -9.97. The van der Waals surface area contributed by atoms with Crippen LogP contribution in [-0.4, -0.2) is 56.7 Å². The Morgan fingerprint density at radius 3 is 2.27 bits per heavy atom. The molecular formula is C27H27F7N4O3. The summed E-state index contributed by atoms with van der Waals surface area (Å²) < 4.78 is 108. The molecule has 41 heavy (non-hydrogen) atoms. The summed E-state index contributed by atoms with van der Waals surface area (Å²) in [5, 5.41) is 19.6. The molecule has 0 radical (unpaired) electrons. The van der Waals surface area contributed by atoms with Crippen molar-refractivity contribution in [1.29, 1.82) is 0 Å². The van der Waals surface area contributed by atoms with Crippen LogP contribution in [0.3, 0.4) is 0 Å². The summed E-state index contributed by atoms with van der Waals surface area (Å²) in [7, 11) is 0. The fourth-order valence-corrected chi connectivity index (χ4v) is 5.16. The van der Waals surface area contributed by atoms with Crippen molar-refractivity contribution in [1.82, 2.24) is 15.5 Å². The quantitative estimate of drug-likeness (QED) is 0.377. The van der Waals surface area contributed by atoms with Crippen molar-refractivity contribution in [3.63, 3.8) is 0 Å². The molecule has 2 aromatic carbocycles. The number of quaternary nitrogens is 1. The summed E-state index contributed by atoms with van der Waals surface area (Å²) >= 11 is 0. The van der Waals surface area contributed by atoms with E-state index >= 15 is 4.39 Å². The van der Waals surface area contributed by atoms with Crippen LogP contribution >= 0.6 is 0 Å². The fourth-order valence-electron chi connectivity index (χ4n) is 5.16. The van der Waals surface area contributed by atoms with Crippen LogP contribution in [0.4, 0.5) is 30.7 Å². The van der Waals surface area contributed by atoms with Crippen molar-refractivity contribution < 1.29 is 45.3 Å². The molecular weight excluding hydrogens is 561 g/mol. The standard InChI is InChI=1S/C27H27F7N4O3/c28-21-4-2-1-3-19(21)23-13-24(37-5-7-40-8-6-37)41-25-20(14-35-15-36-25)22(38(23)39)11-16-9-17(26(29,30)31)12-18(10-16)27(32,33)34/h1-4,9-10,12-13,22,24,35-36,38H,5-8,11,14-15H2/b23-13-. The zero-order valence-corrected chi connectivity index (χ0v) is 21.5. The second kappa shape index (κ2) is 11.6. The summed E-state index contributed by atoms with van der Waals surface area (Å²) in [5.41, 5.74) is -3.13. The Morgan fingerprint density at radius 2 is 1.63 bits per heavy atom. The number of hydroxylamine groups is 2. The van der Waals surface area contributed by atoms with Crippen LogP contribution in [0.25, 0.3) is 5.70 Å². The van der Waals surface area contributed by atoms with Crippen LogP contribution in [0.5, 0.6) is 0 Å². The molecule has 3 atom stereocenters. The molecule has 3 unspecified atom stereocenters. The molecule has 3 heterocycles. The van der Waals surface area contributed by atoms with E-state index in [4.69, 9.17) is 9.47 Å². The number of rotatable bonds is 4. The number of nitrogens with zero attached hydrogens (tertiary/aromatic N) is 1. The van der Waals surface area contributed by atoms with E-state index in [1.165, 1.54) is 30.3 Å². The number of ether oxygens (including phenoxy) is 2. The Kier molecular flexibility index (Phi) is 8.30. The molecule has 3 N–H and O–H groups in total. The summed E-state index contributed by atoms with van der Waals surface area (Å²) in [5.74, 6) is -0.509. The molecule has 1 fully saturated rings. The first-order chi connectivity index (χ1) is 19.4. The molecule has 3 aliphatic heterocycles. The first-order valence-electron chi connectivity index (χ1n) is 12.9. The number of halogens is 7. The predicted octanol–water partition coefficient (Wildman–Crippen LogP) is 3.25. The molecule has 7 nitrogen and oxygen atoms in total. The van der Waals surface area contributed by atoms with Gasteiger partial charge in [0.25, 0.3) is 0 Å². The summed E-state index contributed by atoms with van der Waals surface area (Å²) in [6.45, 7) is 2.03. The summed E-state index contributed by atoms with van der Waals surface area (Å²) in [6, 6.07) is 5.53. The van der Waals surface area contributed by atoms with E-state index in [1.807, 2.05) is 4.90 Å². The maximum Gasteiger partial charge on any atom is 0.416 e. The lowest BCUT2D eigenvalue weighted by atomic mass is 9.93. The highest BCUT2D eigenvalue weighted by Crippen LogP contribution is 2.37. The van der Waals surface area contributed by atoms with Gasteiger partial charge in [0, 0.05) is 32.1 Å². The van der Waals surface area contributed by atoms with Crippen LogP contribution in [0, 0.1) is 11.0 Å². The second-order valence-corrected chi connectivity index (χ2v) is 9.89. The molecule has 222 valence electrons. The number of morpholine rings is 1. The Morgan fingerprint density at radius 1 is 0.976 bits per heavy atom. The van der Waals surface area contributed by atoms with Gasteiger partial charge < -0.3 is 25.1 Å². The molecule has 5 rings (SSSR count). The van der Waals surface area contributed by atoms with Crippen LogP contribution < -0.4 is 15.7 Å². The highest BCUT2D eigenvalue weighted by Gasteiger charge is 2.40. The third-order valence-corrected chi connectivity index (χ3v) is 7.19. The first-order valence-corrected chi connectivity index (χ1v) is 12.9. The van der Waals surface area contributed by atoms with Crippen LogP contribution in [0.15, 0.2) is 60.0 Å². The van der Waals surface area contributed by atoms with E-state index in [0.717, 1.165) is 0 Å². The fraction of sp³-hybridized carbons (Fsp3) is 0.407. The first kappa shape index (κ1) is 29.3. The van der Waals surface area contributed by atoms with Gasteiger partial charge in [-0.05, 0) is 35.9 Å². The minimum atomic E-state index is -5.05. The molecule has 1 saturated heterocycles.